The molecule has 1 aliphatic heterocycles. The van der Waals surface area contributed by atoms with E-state index in [0.29, 0.717) is 12.6 Å². The Bertz CT molecular complexity index is 715. The minimum atomic E-state index is 0. The lowest BCUT2D eigenvalue weighted by molar-refractivity contribution is 0.141. The number of likely N-dealkylation sites (tertiary alicyclic amines) is 1. The Hall–Kier alpha value is -1.61. The van der Waals surface area contributed by atoms with Crippen LogP contribution in [0.4, 0.5) is 0 Å². The van der Waals surface area contributed by atoms with Crippen molar-refractivity contribution >= 4 is 29.9 Å². The fourth-order valence-corrected chi connectivity index (χ4v) is 3.59. The first kappa shape index (κ1) is 22.7. The van der Waals surface area contributed by atoms with Gasteiger partial charge in [-0.1, -0.05) is 36.8 Å². The molecule has 28 heavy (non-hydrogen) atoms. The molecular weight excluding hydrogens is 463 g/mol. The van der Waals surface area contributed by atoms with Crippen molar-refractivity contribution in [2.75, 3.05) is 19.6 Å². The summed E-state index contributed by atoms with van der Waals surface area (Å²) >= 11 is 0. The van der Waals surface area contributed by atoms with E-state index in [9.17, 15) is 0 Å². The first-order valence-electron chi connectivity index (χ1n) is 10.0. The largest absolute Gasteiger partial charge is 0.357 e. The topological polar surface area (TPSA) is 57.5 Å². The first-order chi connectivity index (χ1) is 13.3. The minimum Gasteiger partial charge on any atom is -0.357 e. The Kier molecular flexibility index (Phi) is 9.77. The second-order valence-corrected chi connectivity index (χ2v) is 7.13. The van der Waals surface area contributed by atoms with Gasteiger partial charge in [0.2, 0.25) is 0 Å². The smallest absolute Gasteiger partial charge is 0.191 e. The lowest BCUT2D eigenvalue weighted by atomic mass is 10.0. The summed E-state index contributed by atoms with van der Waals surface area (Å²) in [6.07, 6.45) is 5.65. The molecule has 1 aliphatic rings. The molecule has 0 spiro atoms. The van der Waals surface area contributed by atoms with Gasteiger partial charge in [-0.2, -0.15) is 5.10 Å². The van der Waals surface area contributed by atoms with Gasteiger partial charge in [-0.15, -0.1) is 24.0 Å². The van der Waals surface area contributed by atoms with Crippen molar-refractivity contribution in [3.05, 3.63) is 53.9 Å². The van der Waals surface area contributed by atoms with Gasteiger partial charge in [-0.3, -0.25) is 9.58 Å². The number of aryl methyl sites for hydroxylation is 1. The molecule has 3 rings (SSSR count). The monoisotopic (exact) mass is 496 g/mol. The molecule has 154 valence electrons. The lowest BCUT2D eigenvalue weighted by Crippen LogP contribution is -2.48. The number of aromatic nitrogens is 2. The van der Waals surface area contributed by atoms with Crippen molar-refractivity contribution in [2.24, 2.45) is 12.0 Å². The highest BCUT2D eigenvalue weighted by molar-refractivity contribution is 14.0. The summed E-state index contributed by atoms with van der Waals surface area (Å²) in [5.41, 5.74) is 2.50. The fourth-order valence-electron chi connectivity index (χ4n) is 3.59. The van der Waals surface area contributed by atoms with Crippen LogP contribution in [-0.4, -0.2) is 46.3 Å². The summed E-state index contributed by atoms with van der Waals surface area (Å²) in [5, 5.41) is 11.1. The van der Waals surface area contributed by atoms with Crippen LogP contribution in [0.25, 0.3) is 0 Å². The second kappa shape index (κ2) is 12.1. The Labute approximate surface area is 185 Å². The molecule has 1 aromatic heterocycles. The fraction of sp³-hybridized carbons (Fsp3) is 0.524. The van der Waals surface area contributed by atoms with Crippen LogP contribution in [-0.2, 0) is 20.1 Å². The molecule has 0 bridgehead atoms. The van der Waals surface area contributed by atoms with Crippen LogP contribution in [0.1, 0.15) is 37.4 Å². The summed E-state index contributed by atoms with van der Waals surface area (Å²) < 4.78 is 1.87. The molecule has 2 heterocycles. The van der Waals surface area contributed by atoms with Gasteiger partial charge in [0.05, 0.1) is 12.2 Å². The average Bonchev–Trinajstić information content (AvgIpc) is 3.11. The zero-order valence-electron chi connectivity index (χ0n) is 17.0. The van der Waals surface area contributed by atoms with Crippen molar-refractivity contribution in [3.63, 3.8) is 0 Å². The van der Waals surface area contributed by atoms with Crippen molar-refractivity contribution in [1.82, 2.24) is 25.3 Å². The molecule has 2 aromatic rings. The SMILES string of the molecule is CCNC(=NCc1ccnn1C)NCC1CCCCN1Cc1ccccc1.I. The predicted molar refractivity (Wildman–Crippen MR) is 126 cm³/mol. The maximum atomic E-state index is 4.73. The Morgan fingerprint density at radius 1 is 1.18 bits per heavy atom. The van der Waals surface area contributed by atoms with E-state index in [1.54, 1.807) is 0 Å². The van der Waals surface area contributed by atoms with E-state index in [0.717, 1.165) is 31.3 Å². The number of hydrogen-bond acceptors (Lipinski definition) is 3. The number of aliphatic imine (C=N–C) groups is 1. The van der Waals surface area contributed by atoms with Crippen molar-refractivity contribution in [3.8, 4) is 0 Å². The summed E-state index contributed by atoms with van der Waals surface area (Å²) in [5.74, 6) is 0.879. The van der Waals surface area contributed by atoms with E-state index in [1.807, 2.05) is 24.0 Å². The summed E-state index contributed by atoms with van der Waals surface area (Å²) in [7, 11) is 1.95. The Balaban J connectivity index is 0.00000280. The van der Waals surface area contributed by atoms with Crippen LogP contribution < -0.4 is 10.6 Å². The zero-order chi connectivity index (χ0) is 18.9. The third kappa shape index (κ3) is 6.77. The standard InChI is InChI=1S/C21H32N6.HI/c1-3-22-21(23-15-19-12-13-25-26(19)2)24-16-20-11-7-8-14-27(20)17-18-9-5-4-6-10-18;/h4-6,9-10,12-13,20H,3,7-8,11,14-17H2,1-2H3,(H2,22,23,24);1H. The molecule has 1 fully saturated rings. The van der Waals surface area contributed by atoms with Crippen molar-refractivity contribution in [2.45, 2.75) is 45.3 Å². The molecule has 2 N–H and O–H groups in total. The van der Waals surface area contributed by atoms with E-state index in [2.05, 4.69) is 57.9 Å². The number of nitrogens with zero attached hydrogens (tertiary/aromatic N) is 4. The van der Waals surface area contributed by atoms with Gasteiger partial charge in [0.15, 0.2) is 5.96 Å². The Morgan fingerprint density at radius 2 is 2.00 bits per heavy atom. The van der Waals surface area contributed by atoms with Crippen LogP contribution in [0, 0.1) is 0 Å². The zero-order valence-corrected chi connectivity index (χ0v) is 19.3. The molecule has 7 heteroatoms. The van der Waals surface area contributed by atoms with Gasteiger partial charge in [0, 0.05) is 38.9 Å². The maximum Gasteiger partial charge on any atom is 0.191 e. The van der Waals surface area contributed by atoms with Gasteiger partial charge < -0.3 is 10.6 Å². The number of nitrogens with one attached hydrogen (secondary N) is 2. The normalized spacial score (nSPS) is 17.8. The van der Waals surface area contributed by atoms with Crippen LogP contribution in [0.3, 0.4) is 0 Å². The van der Waals surface area contributed by atoms with Gasteiger partial charge in [-0.25, -0.2) is 4.99 Å². The highest BCUT2D eigenvalue weighted by atomic mass is 127. The highest BCUT2D eigenvalue weighted by Crippen LogP contribution is 2.19. The van der Waals surface area contributed by atoms with E-state index in [-0.39, 0.29) is 24.0 Å². The third-order valence-electron chi connectivity index (χ3n) is 5.15. The lowest BCUT2D eigenvalue weighted by Gasteiger charge is -2.36. The highest BCUT2D eigenvalue weighted by Gasteiger charge is 2.22. The van der Waals surface area contributed by atoms with E-state index >= 15 is 0 Å². The number of guanidine groups is 1. The molecule has 1 saturated heterocycles. The molecule has 6 nitrogen and oxygen atoms in total. The van der Waals surface area contributed by atoms with Crippen molar-refractivity contribution in [1.29, 1.82) is 0 Å². The predicted octanol–water partition coefficient (Wildman–Crippen LogP) is 3.15. The number of halogens is 1. The van der Waals surface area contributed by atoms with E-state index in [4.69, 9.17) is 4.99 Å². The van der Waals surface area contributed by atoms with Crippen LogP contribution in [0.5, 0.6) is 0 Å². The first-order valence-corrected chi connectivity index (χ1v) is 10.0. The molecule has 1 unspecified atom stereocenters. The second-order valence-electron chi connectivity index (χ2n) is 7.13. The molecule has 0 amide bonds. The summed E-state index contributed by atoms with van der Waals surface area (Å²) in [6, 6.07) is 13.3. The number of rotatable bonds is 7. The minimum absolute atomic E-state index is 0. The summed E-state index contributed by atoms with van der Waals surface area (Å²) in [4.78, 5) is 7.33. The summed E-state index contributed by atoms with van der Waals surface area (Å²) in [6.45, 7) is 6.70. The maximum absolute atomic E-state index is 4.73. The van der Waals surface area contributed by atoms with Gasteiger partial charge in [-0.05, 0) is 37.9 Å². The molecule has 0 saturated carbocycles. The number of benzene rings is 1. The molecular formula is C21H33IN6. The molecule has 1 atom stereocenters. The average molecular weight is 496 g/mol. The van der Waals surface area contributed by atoms with Crippen molar-refractivity contribution < 1.29 is 0 Å². The van der Waals surface area contributed by atoms with Crippen LogP contribution >= 0.6 is 24.0 Å². The Morgan fingerprint density at radius 3 is 2.71 bits per heavy atom. The molecule has 0 aliphatic carbocycles. The van der Waals surface area contributed by atoms with Crippen LogP contribution in [0.15, 0.2) is 47.6 Å². The van der Waals surface area contributed by atoms with E-state index < -0.39 is 0 Å². The van der Waals surface area contributed by atoms with Gasteiger partial charge in [0.25, 0.3) is 0 Å². The number of piperidine rings is 1. The quantitative estimate of drug-likeness (QED) is 0.352. The molecule has 0 radical (unpaired) electrons. The van der Waals surface area contributed by atoms with Gasteiger partial charge in [0.1, 0.15) is 0 Å². The molecule has 1 aromatic carbocycles. The third-order valence-corrected chi connectivity index (χ3v) is 5.15. The van der Waals surface area contributed by atoms with E-state index in [1.165, 1.54) is 31.4 Å². The number of hydrogen-bond donors (Lipinski definition) is 2. The van der Waals surface area contributed by atoms with Gasteiger partial charge >= 0.3 is 0 Å². The van der Waals surface area contributed by atoms with Crippen LogP contribution in [0.2, 0.25) is 0 Å².